The van der Waals surface area contributed by atoms with E-state index >= 15 is 0 Å². The Morgan fingerprint density at radius 2 is 1.89 bits per heavy atom. The Hall–Kier alpha value is -1.07. The van der Waals surface area contributed by atoms with Gasteiger partial charge in [-0.05, 0) is 25.6 Å². The Bertz CT molecular complexity index is 472. The van der Waals surface area contributed by atoms with E-state index in [9.17, 15) is 8.42 Å². The summed E-state index contributed by atoms with van der Waals surface area (Å²) in [5.41, 5.74) is 0.792. The first-order valence-corrected chi connectivity index (χ1v) is 8.14. The van der Waals surface area contributed by atoms with Crippen LogP contribution in [0.3, 0.4) is 0 Å². The Balaban J connectivity index is 2.99. The van der Waals surface area contributed by atoms with Gasteiger partial charge in [0.2, 0.25) is 0 Å². The second-order valence-corrected chi connectivity index (χ2v) is 6.16. The lowest BCUT2D eigenvalue weighted by molar-refractivity contribution is 0.601. The average molecular weight is 270 g/mol. The molecule has 1 aromatic rings. The predicted molar refractivity (Wildman–Crippen MR) is 76.0 cm³/mol. The predicted octanol–water partition coefficient (Wildman–Crippen LogP) is 1.53. The van der Waals surface area contributed by atoms with Gasteiger partial charge in [-0.3, -0.25) is 0 Å². The van der Waals surface area contributed by atoms with Crippen molar-refractivity contribution in [2.24, 2.45) is 0 Å². The maximum atomic E-state index is 11.8. The van der Waals surface area contributed by atoms with E-state index < -0.39 is 9.84 Å². The molecule has 0 spiro atoms. The van der Waals surface area contributed by atoms with Crippen molar-refractivity contribution in [3.8, 4) is 0 Å². The summed E-state index contributed by atoms with van der Waals surface area (Å²) in [5.74, 6) is 0. The van der Waals surface area contributed by atoms with Crippen LogP contribution in [0, 0.1) is 0 Å². The number of hydrogen-bond acceptors (Lipinski definition) is 4. The Kier molecular flexibility index (Phi) is 5.62. The minimum absolute atomic E-state index is 0.406. The third-order valence-corrected chi connectivity index (χ3v) is 3.94. The van der Waals surface area contributed by atoms with E-state index in [1.54, 1.807) is 12.1 Å². The molecule has 1 rings (SSSR count). The summed E-state index contributed by atoms with van der Waals surface area (Å²) in [6.07, 6.45) is 1.25. The second-order valence-electron chi connectivity index (χ2n) is 4.17. The molecule has 0 heterocycles. The lowest BCUT2D eigenvalue weighted by atomic mass is 10.3. The van der Waals surface area contributed by atoms with E-state index in [4.69, 9.17) is 0 Å². The minimum Gasteiger partial charge on any atom is -0.369 e. The molecule has 0 aliphatic rings. The molecule has 0 radical (unpaired) electrons. The Labute approximate surface area is 110 Å². The highest BCUT2D eigenvalue weighted by Gasteiger charge is 2.16. The number of likely N-dealkylation sites (N-methyl/N-ethyl adjacent to an activating group) is 2. The van der Waals surface area contributed by atoms with E-state index in [1.807, 2.05) is 19.1 Å². The number of para-hydroxylation sites is 1. The molecule has 18 heavy (non-hydrogen) atoms. The number of nitrogens with one attached hydrogen (secondary N) is 1. The fraction of sp³-hybridized carbons (Fsp3) is 0.538. The van der Waals surface area contributed by atoms with Gasteiger partial charge in [-0.25, -0.2) is 8.42 Å². The number of sulfone groups is 1. The van der Waals surface area contributed by atoms with E-state index in [1.165, 1.54) is 6.26 Å². The van der Waals surface area contributed by atoms with Gasteiger partial charge in [0.05, 0.1) is 10.6 Å². The Morgan fingerprint density at radius 1 is 1.22 bits per heavy atom. The van der Waals surface area contributed by atoms with Gasteiger partial charge in [-0.1, -0.05) is 19.1 Å². The van der Waals surface area contributed by atoms with Crippen molar-refractivity contribution in [3.05, 3.63) is 24.3 Å². The van der Waals surface area contributed by atoms with Crippen molar-refractivity contribution in [1.29, 1.82) is 0 Å². The van der Waals surface area contributed by atoms with Crippen LogP contribution in [0.5, 0.6) is 0 Å². The molecule has 0 saturated heterocycles. The number of nitrogens with zero attached hydrogens (tertiary/aromatic N) is 1. The number of benzene rings is 1. The summed E-state index contributed by atoms with van der Waals surface area (Å²) in [6.45, 7) is 7.45. The van der Waals surface area contributed by atoms with Crippen LogP contribution in [0.4, 0.5) is 5.69 Å². The molecular weight excluding hydrogens is 248 g/mol. The highest BCUT2D eigenvalue weighted by Crippen LogP contribution is 2.24. The van der Waals surface area contributed by atoms with Crippen LogP contribution >= 0.6 is 0 Å². The standard InChI is InChI=1S/C13H22N2O2S/c1-4-14-10-11-15(5-2)12-8-6-7-9-13(12)18(3,16)17/h6-9,14H,4-5,10-11H2,1-3H3. The lowest BCUT2D eigenvalue weighted by Crippen LogP contribution is -2.32. The lowest BCUT2D eigenvalue weighted by Gasteiger charge is -2.25. The molecule has 0 amide bonds. The number of hydrogen-bond donors (Lipinski definition) is 1. The van der Waals surface area contributed by atoms with Gasteiger partial charge in [0.25, 0.3) is 0 Å². The van der Waals surface area contributed by atoms with Crippen molar-refractivity contribution in [2.75, 3.05) is 37.3 Å². The fourth-order valence-electron chi connectivity index (χ4n) is 1.87. The van der Waals surface area contributed by atoms with E-state index in [0.717, 1.165) is 31.9 Å². The summed E-state index contributed by atoms with van der Waals surface area (Å²) < 4.78 is 23.5. The molecule has 0 aromatic heterocycles. The summed E-state index contributed by atoms with van der Waals surface area (Å²) in [4.78, 5) is 2.49. The molecular formula is C13H22N2O2S. The largest absolute Gasteiger partial charge is 0.369 e. The zero-order valence-electron chi connectivity index (χ0n) is 11.3. The van der Waals surface area contributed by atoms with Crippen molar-refractivity contribution in [3.63, 3.8) is 0 Å². The maximum Gasteiger partial charge on any atom is 0.177 e. The van der Waals surface area contributed by atoms with Gasteiger partial charge < -0.3 is 10.2 Å². The topological polar surface area (TPSA) is 49.4 Å². The molecule has 0 atom stereocenters. The first-order chi connectivity index (χ1) is 8.50. The molecule has 0 aliphatic heterocycles. The van der Waals surface area contributed by atoms with Crippen molar-refractivity contribution < 1.29 is 8.42 Å². The maximum absolute atomic E-state index is 11.8. The van der Waals surface area contributed by atoms with E-state index in [0.29, 0.717) is 4.90 Å². The molecule has 102 valence electrons. The summed E-state index contributed by atoms with van der Waals surface area (Å²) in [7, 11) is -3.18. The normalized spacial score (nSPS) is 11.5. The van der Waals surface area contributed by atoms with E-state index in [2.05, 4.69) is 17.1 Å². The smallest absolute Gasteiger partial charge is 0.177 e. The van der Waals surface area contributed by atoms with Crippen molar-refractivity contribution in [1.82, 2.24) is 5.32 Å². The highest BCUT2D eigenvalue weighted by molar-refractivity contribution is 7.90. The molecule has 0 bridgehead atoms. The van der Waals surface area contributed by atoms with Gasteiger partial charge in [-0.2, -0.15) is 0 Å². The van der Waals surface area contributed by atoms with Crippen LogP contribution in [0.25, 0.3) is 0 Å². The van der Waals surface area contributed by atoms with Gasteiger partial charge in [-0.15, -0.1) is 0 Å². The minimum atomic E-state index is -3.18. The second kappa shape index (κ2) is 6.75. The fourth-order valence-corrected chi connectivity index (χ4v) is 2.77. The van der Waals surface area contributed by atoms with Gasteiger partial charge >= 0.3 is 0 Å². The van der Waals surface area contributed by atoms with Crippen LogP contribution in [0.2, 0.25) is 0 Å². The van der Waals surface area contributed by atoms with Crippen LogP contribution in [0.15, 0.2) is 29.2 Å². The first kappa shape index (κ1) is 15.0. The summed E-state index contributed by atoms with van der Waals surface area (Å²) in [6, 6.07) is 7.17. The zero-order valence-corrected chi connectivity index (χ0v) is 12.1. The zero-order chi connectivity index (χ0) is 13.6. The van der Waals surface area contributed by atoms with Crippen LogP contribution in [-0.2, 0) is 9.84 Å². The number of rotatable bonds is 7. The third kappa shape index (κ3) is 3.99. The molecule has 1 N–H and O–H groups in total. The molecule has 0 aliphatic carbocycles. The van der Waals surface area contributed by atoms with Crippen LogP contribution < -0.4 is 10.2 Å². The van der Waals surface area contributed by atoms with Crippen LogP contribution in [-0.4, -0.2) is 40.9 Å². The van der Waals surface area contributed by atoms with Crippen molar-refractivity contribution in [2.45, 2.75) is 18.7 Å². The average Bonchev–Trinajstić information content (AvgIpc) is 2.34. The molecule has 1 aromatic carbocycles. The molecule has 0 unspecified atom stereocenters. The SMILES string of the molecule is CCNCCN(CC)c1ccccc1S(C)(=O)=O. The summed E-state index contributed by atoms with van der Waals surface area (Å²) >= 11 is 0. The highest BCUT2D eigenvalue weighted by atomic mass is 32.2. The van der Waals surface area contributed by atoms with Crippen molar-refractivity contribution >= 4 is 15.5 Å². The monoisotopic (exact) mass is 270 g/mol. The van der Waals surface area contributed by atoms with Gasteiger partial charge in [0, 0.05) is 25.9 Å². The van der Waals surface area contributed by atoms with Gasteiger partial charge in [0.1, 0.15) is 0 Å². The molecule has 0 fully saturated rings. The van der Waals surface area contributed by atoms with E-state index in [-0.39, 0.29) is 0 Å². The van der Waals surface area contributed by atoms with Gasteiger partial charge in [0.15, 0.2) is 9.84 Å². The first-order valence-electron chi connectivity index (χ1n) is 6.25. The number of anilines is 1. The summed E-state index contributed by atoms with van der Waals surface area (Å²) in [5, 5.41) is 3.25. The molecule has 5 heteroatoms. The Morgan fingerprint density at radius 3 is 2.44 bits per heavy atom. The quantitative estimate of drug-likeness (QED) is 0.763. The van der Waals surface area contributed by atoms with Crippen LogP contribution in [0.1, 0.15) is 13.8 Å². The molecule has 0 saturated carbocycles. The third-order valence-electron chi connectivity index (χ3n) is 2.80. The molecule has 4 nitrogen and oxygen atoms in total.